The average molecular weight is 1930 g/mol. The fourth-order valence-electron chi connectivity index (χ4n) is 21.8. The molecule has 4 aliphatic carbocycles. The van der Waals surface area contributed by atoms with Gasteiger partial charge in [0.2, 0.25) is 0 Å². The average Bonchev–Trinajstić information content (AvgIpc) is 0.813. The molecule has 4 aromatic rings. The number of phenols is 2. The Morgan fingerprint density at radius 3 is 0.921 bits per heavy atom. The van der Waals surface area contributed by atoms with Gasteiger partial charge in [0, 0.05) is 98.3 Å². The van der Waals surface area contributed by atoms with Crippen molar-refractivity contribution in [1.29, 1.82) is 0 Å². The number of unbranched alkanes of at least 4 members (excludes halogenated alkanes) is 8. The molecule has 2 unspecified atom stereocenters. The SMILES string of the molecule is C=C(C)[C@@H]1CCC(C)=C[C@H]1c1c(O)cc(CCCCC)cc1OC(=O)N1CCCCC1.C=C(C)[C@@H]1CCC(C)=C[C@H]1c1c(O)cc(CCCCC)cc1OC(=O)NCCN(C)C.C=C(C)[C@@H]1CCC(C)=C[C@H]1c1c(OC(=O)CC2CCNC2)cc(CCCCC)cc1OC(=O)CC1CCNC1.C=C(C)[C@@H]1CCC(C)=C[C@H]1c1c(OC(=O)N2CCCCC2)cc(CCCCC)cc1OC(=O)N1CCCCC1. The molecule has 5 N–H and O–H groups in total. The fraction of sp³-hybridized carbons (Fsp3) is 0.613. The van der Waals surface area contributed by atoms with Gasteiger partial charge < -0.3 is 74.2 Å². The summed E-state index contributed by atoms with van der Waals surface area (Å²) in [6.07, 6.45) is 44.5. The number of nitrogens with zero attached hydrogens (tertiary/aromatic N) is 4. The highest BCUT2D eigenvalue weighted by atomic mass is 16.6. The topological polar surface area (TPSA) is 247 Å². The number of phenolic OH excluding ortho intramolecular Hbond substituents is 2. The van der Waals surface area contributed by atoms with E-state index in [1.807, 2.05) is 84.2 Å². The predicted octanol–water partition coefficient (Wildman–Crippen LogP) is 27.6. The van der Waals surface area contributed by atoms with Crippen LogP contribution in [0.2, 0.25) is 0 Å². The van der Waals surface area contributed by atoms with E-state index in [9.17, 15) is 39.0 Å². The Morgan fingerprint density at radius 1 is 0.379 bits per heavy atom. The van der Waals surface area contributed by atoms with Crippen LogP contribution in [-0.4, -0.2) is 159 Å². The summed E-state index contributed by atoms with van der Waals surface area (Å²) in [6, 6.07) is 15.7. The van der Waals surface area contributed by atoms with Crippen molar-refractivity contribution >= 4 is 36.3 Å². The summed E-state index contributed by atoms with van der Waals surface area (Å²) in [6.45, 7) is 51.7. The third kappa shape index (κ3) is 34.3. The Labute approximate surface area is 841 Å². The number of likely N-dealkylation sites (N-methyl/N-ethyl adjacent to an activating group) is 1. The number of allylic oxidation sites excluding steroid dienone is 12. The lowest BCUT2D eigenvalue weighted by Gasteiger charge is -2.34. The monoisotopic (exact) mass is 1930 g/mol. The molecule has 13 rings (SSSR count). The number of aromatic hydroxyl groups is 2. The maximum atomic E-state index is 13.4. The number of hydrogen-bond acceptors (Lipinski definition) is 17. The van der Waals surface area contributed by atoms with Crippen LogP contribution in [-0.2, 0) is 35.3 Å². The quantitative estimate of drug-likeness (QED) is 0.0122. The van der Waals surface area contributed by atoms with Gasteiger partial charge in [-0.25, -0.2) is 19.2 Å². The van der Waals surface area contributed by atoms with E-state index in [0.29, 0.717) is 71.3 Å². The molecule has 0 aromatic heterocycles. The molecule has 140 heavy (non-hydrogen) atoms. The van der Waals surface area contributed by atoms with Gasteiger partial charge in [0.15, 0.2) is 0 Å². The second-order valence-corrected chi connectivity index (χ2v) is 42.5. The largest absolute Gasteiger partial charge is 0.507 e. The number of esters is 2. The van der Waals surface area contributed by atoms with Gasteiger partial charge >= 0.3 is 36.3 Å². The van der Waals surface area contributed by atoms with Gasteiger partial charge in [-0.3, -0.25) is 9.59 Å². The van der Waals surface area contributed by atoms with Gasteiger partial charge in [-0.05, 0) is 375 Å². The zero-order chi connectivity index (χ0) is 101. The number of nitrogens with one attached hydrogen (secondary N) is 3. The van der Waals surface area contributed by atoms with Gasteiger partial charge in [0.25, 0.3) is 0 Å². The van der Waals surface area contributed by atoms with Gasteiger partial charge in [-0.2, -0.15) is 0 Å². The minimum atomic E-state index is -0.489. The molecule has 770 valence electrons. The Hall–Kier alpha value is -9.70. The van der Waals surface area contributed by atoms with Crippen LogP contribution in [0.25, 0.3) is 0 Å². The third-order valence-electron chi connectivity index (χ3n) is 30.0. The van der Waals surface area contributed by atoms with Gasteiger partial charge in [0.1, 0.15) is 46.0 Å². The van der Waals surface area contributed by atoms with E-state index >= 15 is 0 Å². The lowest BCUT2D eigenvalue weighted by molar-refractivity contribution is -0.135. The maximum absolute atomic E-state index is 13.4. The van der Waals surface area contributed by atoms with Crippen LogP contribution < -0.4 is 44.4 Å². The van der Waals surface area contributed by atoms with Gasteiger partial charge in [0.05, 0.1) is 12.8 Å². The second-order valence-electron chi connectivity index (χ2n) is 42.5. The number of piperidine rings is 3. The molecule has 5 heterocycles. The third-order valence-corrected chi connectivity index (χ3v) is 30.0. The summed E-state index contributed by atoms with van der Waals surface area (Å²) in [4.78, 5) is 86.1. The van der Waals surface area contributed by atoms with Crippen LogP contribution in [0.15, 0.2) is 144 Å². The Kier molecular flexibility index (Phi) is 46.2. The molecule has 0 saturated carbocycles. The maximum Gasteiger partial charge on any atom is 0.415 e. The Morgan fingerprint density at radius 2 is 0.650 bits per heavy atom. The lowest BCUT2D eigenvalue weighted by Crippen LogP contribution is -2.38. The summed E-state index contributed by atoms with van der Waals surface area (Å²) in [5.41, 5.74) is 16.7. The van der Waals surface area contributed by atoms with Crippen LogP contribution in [0, 0.1) is 35.5 Å². The molecular formula is C119H175N7O14. The first-order valence-electron chi connectivity index (χ1n) is 54.0. The lowest BCUT2D eigenvalue weighted by atomic mass is 9.73. The molecule has 10 atom stereocenters. The summed E-state index contributed by atoms with van der Waals surface area (Å²) >= 11 is 0. The van der Waals surface area contributed by atoms with E-state index in [1.54, 1.807) is 4.90 Å². The minimum absolute atomic E-state index is 0.0277. The van der Waals surface area contributed by atoms with E-state index in [4.69, 9.17) is 28.4 Å². The highest BCUT2D eigenvalue weighted by molar-refractivity contribution is 5.78. The number of likely N-dealkylation sites (tertiary alicyclic amines) is 3. The molecule has 0 bridgehead atoms. The number of aryl methyl sites for hydroxylation is 4. The number of ether oxygens (including phenoxy) is 6. The van der Waals surface area contributed by atoms with Crippen molar-refractivity contribution in [3.05, 3.63) is 188 Å². The van der Waals surface area contributed by atoms with Crippen molar-refractivity contribution in [1.82, 2.24) is 35.6 Å². The molecule has 4 aromatic carbocycles. The van der Waals surface area contributed by atoms with Crippen molar-refractivity contribution in [3.8, 4) is 46.0 Å². The van der Waals surface area contributed by atoms with E-state index in [0.717, 1.165) is 358 Å². The fourth-order valence-corrected chi connectivity index (χ4v) is 21.8. The van der Waals surface area contributed by atoms with Crippen LogP contribution in [0.1, 0.15) is 363 Å². The second kappa shape index (κ2) is 57.6. The highest BCUT2D eigenvalue weighted by Gasteiger charge is 2.40. The van der Waals surface area contributed by atoms with Crippen LogP contribution in [0.5, 0.6) is 46.0 Å². The Balaban J connectivity index is 0.000000193. The molecule has 0 radical (unpaired) electrons. The zero-order valence-corrected chi connectivity index (χ0v) is 88.3. The van der Waals surface area contributed by atoms with Gasteiger partial charge in [-0.1, -0.05) is 174 Å². The summed E-state index contributed by atoms with van der Waals surface area (Å²) in [7, 11) is 3.91. The van der Waals surface area contributed by atoms with Crippen LogP contribution in [0.3, 0.4) is 0 Å². The first kappa shape index (κ1) is 112. The van der Waals surface area contributed by atoms with E-state index in [-0.39, 0.29) is 89.1 Å². The van der Waals surface area contributed by atoms with E-state index in [1.165, 1.54) is 22.3 Å². The number of rotatable bonds is 37. The normalized spacial score (nSPS) is 21.9. The minimum Gasteiger partial charge on any atom is -0.507 e. The van der Waals surface area contributed by atoms with Crippen LogP contribution in [0.4, 0.5) is 19.2 Å². The predicted molar refractivity (Wildman–Crippen MR) is 568 cm³/mol. The zero-order valence-electron chi connectivity index (χ0n) is 88.3. The van der Waals surface area contributed by atoms with E-state index in [2.05, 4.69) is 143 Å². The molecule has 0 spiro atoms. The smallest absolute Gasteiger partial charge is 0.415 e. The standard InChI is InChI=1S/2C33H48N2O4.C27H39NO3.C26H40N2O3/c1-5-6-9-14-26-22-29(38-32(36)34-17-10-7-11-18-34)31(28-21-25(4)15-16-27(28)24(2)3)30(23-26)39-33(37)35-19-12-8-13-20-35;1-5-6-7-8-24-16-29(38-31(36)18-25-11-13-34-20-25)33(28-15-23(4)9-10-27(28)22(2)3)30(17-24)39-32(37)19-26-12-14-35-21-26;1-5-6-8-11-21-17-24(29)26(23-16-20(4)12-13-22(23)19(2)3)25(18-21)31-27(30)28-14-9-7-10-15-28;1-7-8-9-10-20-16-23(29)25(22-15-19(4)11-12-21(22)18(2)3)24(17-20)31-26(30)27-13-14-28(5)6/h21-23,27-28H,2,5-20H2,1,3-4H3;15-17,25-28,34-35H,2,5-14,18-21H2,1,3-4H3;16-18,22-23,29H,2,5-15H2,1,3-4H3;15-17,21-22,29H,2,7-14H2,1,3-6H3,(H,27,30)/t27-,28+;25?,26?,27-,28+;22-,23+;21-,22+/m0000/s1. The summed E-state index contributed by atoms with van der Waals surface area (Å²) in [5, 5.41) is 31.7. The molecular weight excluding hydrogens is 1750 g/mol. The van der Waals surface area contributed by atoms with Crippen molar-refractivity contribution in [2.75, 3.05) is 92.6 Å². The number of benzene rings is 4. The highest BCUT2D eigenvalue weighted by Crippen LogP contribution is 2.53. The van der Waals surface area contributed by atoms with E-state index < -0.39 is 6.09 Å². The van der Waals surface area contributed by atoms with Gasteiger partial charge in [-0.15, -0.1) is 0 Å². The summed E-state index contributed by atoms with van der Waals surface area (Å²) in [5.74, 6) is 4.32. The van der Waals surface area contributed by atoms with Crippen molar-refractivity contribution < 1.29 is 67.4 Å². The van der Waals surface area contributed by atoms with Crippen molar-refractivity contribution in [2.45, 2.75) is 344 Å². The molecule has 21 nitrogen and oxygen atoms in total. The number of hydrogen-bond donors (Lipinski definition) is 5. The number of carbonyl (C=O) groups excluding carboxylic acids is 6. The number of carbonyl (C=O) groups is 6. The molecule has 5 saturated heterocycles. The number of amides is 4. The first-order valence-corrected chi connectivity index (χ1v) is 54.0. The van der Waals surface area contributed by atoms with Crippen molar-refractivity contribution in [2.24, 2.45) is 35.5 Å². The molecule has 5 aliphatic heterocycles. The molecule has 9 aliphatic rings. The van der Waals surface area contributed by atoms with Crippen molar-refractivity contribution in [3.63, 3.8) is 0 Å². The molecule has 21 heteroatoms. The molecule has 4 amide bonds. The molecule has 5 fully saturated rings. The first-order chi connectivity index (χ1) is 67.3. The Bertz CT molecular complexity index is 4820. The van der Waals surface area contributed by atoms with Crippen LogP contribution >= 0.6 is 0 Å². The summed E-state index contributed by atoms with van der Waals surface area (Å²) < 4.78 is 36.7.